The summed E-state index contributed by atoms with van der Waals surface area (Å²) >= 11 is 0. The van der Waals surface area contributed by atoms with E-state index in [0.29, 0.717) is 6.54 Å². The average Bonchev–Trinajstić information content (AvgIpc) is 3.61. The molecule has 0 bridgehead atoms. The first kappa shape index (κ1) is 19.3. The Kier molecular flexibility index (Phi) is 5.36. The highest BCUT2D eigenvalue weighted by molar-refractivity contribution is 5.75. The molecule has 5 rings (SSSR count). The van der Waals surface area contributed by atoms with Crippen LogP contribution in [0.1, 0.15) is 24.5 Å². The van der Waals surface area contributed by atoms with Crippen LogP contribution in [0.4, 0.5) is 0 Å². The molecule has 31 heavy (non-hydrogen) atoms. The molecule has 3 aromatic carbocycles. The van der Waals surface area contributed by atoms with E-state index in [0.717, 1.165) is 40.9 Å². The van der Waals surface area contributed by atoms with E-state index in [-0.39, 0.29) is 18.0 Å². The number of nitrogens with zero attached hydrogens (tertiary/aromatic N) is 2. The number of aromatic nitrogens is 2. The fourth-order valence-corrected chi connectivity index (χ4v) is 3.74. The summed E-state index contributed by atoms with van der Waals surface area (Å²) in [6, 6.07) is 32.4. The molecule has 1 heterocycles. The molecule has 0 saturated heterocycles. The van der Waals surface area contributed by atoms with Gasteiger partial charge < -0.3 is 4.74 Å². The van der Waals surface area contributed by atoms with Gasteiger partial charge in [0.2, 0.25) is 0 Å². The van der Waals surface area contributed by atoms with Crippen molar-refractivity contribution >= 4 is 5.97 Å². The molecule has 1 aliphatic carbocycles. The third-order valence-corrected chi connectivity index (χ3v) is 5.60. The van der Waals surface area contributed by atoms with Crippen molar-refractivity contribution in [2.45, 2.75) is 25.5 Å². The number of hydrogen-bond acceptors (Lipinski definition) is 3. The molecule has 4 aromatic rings. The zero-order chi connectivity index (χ0) is 21.0. The van der Waals surface area contributed by atoms with E-state index < -0.39 is 0 Å². The Balaban J connectivity index is 1.53. The van der Waals surface area contributed by atoms with Crippen LogP contribution in [0.2, 0.25) is 0 Å². The number of benzene rings is 3. The Labute approximate surface area is 182 Å². The molecule has 0 amide bonds. The highest BCUT2D eigenvalue weighted by Gasteiger charge is 2.33. The van der Waals surface area contributed by atoms with Crippen LogP contribution in [-0.4, -0.2) is 15.7 Å². The average molecular weight is 409 g/mol. The number of rotatable bonds is 7. The number of carbonyl (C=O) groups excluding carboxylic acids is 1. The van der Waals surface area contributed by atoms with Crippen LogP contribution in [0.15, 0.2) is 97.1 Å². The lowest BCUT2D eigenvalue weighted by atomic mass is 10.1. The van der Waals surface area contributed by atoms with Gasteiger partial charge >= 0.3 is 5.97 Å². The summed E-state index contributed by atoms with van der Waals surface area (Å²) in [6.07, 6.45) is 1.46. The van der Waals surface area contributed by atoms with Gasteiger partial charge in [0.1, 0.15) is 6.10 Å². The van der Waals surface area contributed by atoms with Gasteiger partial charge in [-0.15, -0.1) is 0 Å². The van der Waals surface area contributed by atoms with Gasteiger partial charge in [-0.25, -0.2) is 0 Å². The molecule has 0 radical (unpaired) electrons. The molecule has 1 unspecified atom stereocenters. The van der Waals surface area contributed by atoms with E-state index in [4.69, 9.17) is 9.84 Å². The maximum atomic E-state index is 12.5. The predicted octanol–water partition coefficient (Wildman–Crippen LogP) is 5.91. The van der Waals surface area contributed by atoms with Crippen molar-refractivity contribution < 1.29 is 9.53 Å². The topological polar surface area (TPSA) is 44.1 Å². The Morgan fingerprint density at radius 1 is 0.871 bits per heavy atom. The van der Waals surface area contributed by atoms with Crippen molar-refractivity contribution in [1.29, 1.82) is 0 Å². The molecule has 154 valence electrons. The van der Waals surface area contributed by atoms with Crippen LogP contribution in [0, 0.1) is 5.92 Å². The Hall–Kier alpha value is -3.66. The van der Waals surface area contributed by atoms with Gasteiger partial charge in [-0.2, -0.15) is 5.10 Å². The van der Waals surface area contributed by atoms with Crippen LogP contribution in [0.5, 0.6) is 0 Å². The van der Waals surface area contributed by atoms with Crippen molar-refractivity contribution in [1.82, 2.24) is 9.78 Å². The van der Waals surface area contributed by atoms with E-state index in [1.807, 2.05) is 71.4 Å². The molecule has 4 heteroatoms. The summed E-state index contributed by atoms with van der Waals surface area (Å²) in [4.78, 5) is 12.5. The third-order valence-electron chi connectivity index (χ3n) is 5.60. The standard InChI is InChI=1S/C27H24N2O2/c30-27(23-16-17-23)31-26(22-14-8-3-9-15-22)19-29-25(21-12-6-2-7-13-21)18-24(28-29)20-10-4-1-5-11-20/h1-15,18,23,26H,16-17,19H2. The minimum absolute atomic E-state index is 0.0531. The SMILES string of the molecule is O=C(OC(Cn1nc(-c2ccccc2)cc1-c1ccccc1)c1ccccc1)C1CC1. The van der Waals surface area contributed by atoms with Crippen LogP contribution < -0.4 is 0 Å². The first-order valence-electron chi connectivity index (χ1n) is 10.7. The maximum Gasteiger partial charge on any atom is 0.309 e. The summed E-state index contributed by atoms with van der Waals surface area (Å²) in [7, 11) is 0. The number of esters is 1. The molecule has 1 atom stereocenters. The van der Waals surface area contributed by atoms with E-state index in [1.54, 1.807) is 0 Å². The molecular formula is C27H24N2O2. The Morgan fingerprint density at radius 3 is 2.06 bits per heavy atom. The smallest absolute Gasteiger partial charge is 0.309 e. The van der Waals surface area contributed by atoms with Gasteiger partial charge in [-0.05, 0) is 30.0 Å². The van der Waals surface area contributed by atoms with Crippen molar-refractivity contribution in [2.75, 3.05) is 0 Å². The normalized spacial score (nSPS) is 14.2. The monoisotopic (exact) mass is 408 g/mol. The molecule has 0 spiro atoms. The molecule has 1 fully saturated rings. The zero-order valence-corrected chi connectivity index (χ0v) is 17.2. The van der Waals surface area contributed by atoms with E-state index in [9.17, 15) is 4.79 Å². The van der Waals surface area contributed by atoms with Gasteiger partial charge in [-0.1, -0.05) is 91.0 Å². The van der Waals surface area contributed by atoms with Crippen molar-refractivity contribution in [3.63, 3.8) is 0 Å². The largest absolute Gasteiger partial charge is 0.455 e. The summed E-state index contributed by atoms with van der Waals surface area (Å²) < 4.78 is 7.94. The van der Waals surface area contributed by atoms with E-state index >= 15 is 0 Å². The second-order valence-electron chi connectivity index (χ2n) is 7.94. The van der Waals surface area contributed by atoms with Crippen LogP contribution in [-0.2, 0) is 16.1 Å². The van der Waals surface area contributed by atoms with Crippen LogP contribution in [0.25, 0.3) is 22.5 Å². The summed E-state index contributed by atoms with van der Waals surface area (Å²) in [6.45, 7) is 0.458. The minimum Gasteiger partial charge on any atom is -0.455 e. The van der Waals surface area contributed by atoms with Gasteiger partial charge in [0.05, 0.1) is 23.9 Å². The van der Waals surface area contributed by atoms with E-state index in [1.165, 1.54) is 0 Å². The van der Waals surface area contributed by atoms with Crippen LogP contribution >= 0.6 is 0 Å². The van der Waals surface area contributed by atoms with Gasteiger partial charge in [0.15, 0.2) is 0 Å². The first-order chi connectivity index (χ1) is 15.3. The lowest BCUT2D eigenvalue weighted by molar-refractivity contribution is -0.151. The molecule has 4 nitrogen and oxygen atoms in total. The fraction of sp³-hybridized carbons (Fsp3) is 0.185. The first-order valence-corrected chi connectivity index (χ1v) is 10.7. The second kappa shape index (κ2) is 8.60. The van der Waals surface area contributed by atoms with E-state index in [2.05, 4.69) is 30.3 Å². The molecule has 0 N–H and O–H groups in total. The number of carbonyl (C=O) groups is 1. The maximum absolute atomic E-state index is 12.5. The highest BCUT2D eigenvalue weighted by atomic mass is 16.5. The summed E-state index contributed by atoms with van der Waals surface area (Å²) in [5.41, 5.74) is 5.03. The summed E-state index contributed by atoms with van der Waals surface area (Å²) in [5.74, 6) is -0.0529. The lowest BCUT2D eigenvalue weighted by Gasteiger charge is -2.20. The molecule has 1 saturated carbocycles. The van der Waals surface area contributed by atoms with Crippen molar-refractivity contribution in [3.05, 3.63) is 103 Å². The van der Waals surface area contributed by atoms with Crippen molar-refractivity contribution in [2.24, 2.45) is 5.92 Å². The fourth-order valence-electron chi connectivity index (χ4n) is 3.74. The lowest BCUT2D eigenvalue weighted by Crippen LogP contribution is -2.19. The highest BCUT2D eigenvalue weighted by Crippen LogP contribution is 2.34. The predicted molar refractivity (Wildman–Crippen MR) is 121 cm³/mol. The van der Waals surface area contributed by atoms with Gasteiger partial charge in [0, 0.05) is 5.56 Å². The second-order valence-corrected chi connectivity index (χ2v) is 7.94. The Morgan fingerprint density at radius 2 is 1.45 bits per heavy atom. The Bertz CT molecular complexity index is 1150. The van der Waals surface area contributed by atoms with Crippen molar-refractivity contribution in [3.8, 4) is 22.5 Å². The van der Waals surface area contributed by atoms with Crippen LogP contribution in [0.3, 0.4) is 0 Å². The van der Waals surface area contributed by atoms with Gasteiger partial charge in [-0.3, -0.25) is 9.48 Å². The zero-order valence-electron chi connectivity index (χ0n) is 17.2. The summed E-state index contributed by atoms with van der Waals surface area (Å²) in [5, 5.41) is 4.92. The molecule has 1 aliphatic rings. The van der Waals surface area contributed by atoms with Gasteiger partial charge in [0.25, 0.3) is 0 Å². The molecule has 0 aliphatic heterocycles. The third kappa shape index (κ3) is 4.43. The number of hydrogen-bond donors (Lipinski definition) is 0. The molecule has 1 aromatic heterocycles. The quantitative estimate of drug-likeness (QED) is 0.357. The molecular weight excluding hydrogens is 384 g/mol. The number of ether oxygens (including phenoxy) is 1. The minimum atomic E-state index is -0.389.